The lowest BCUT2D eigenvalue weighted by molar-refractivity contribution is 0.406. The Morgan fingerprint density at radius 2 is 2.36 bits per heavy atom. The van der Waals surface area contributed by atoms with Crippen LogP contribution in [-0.4, -0.2) is 0 Å². The molecule has 1 aliphatic rings. The average molecular weight is 196 g/mol. The van der Waals surface area contributed by atoms with Crippen LogP contribution in [-0.2, 0) is 0 Å². The number of hydrogen-bond donors (Lipinski definition) is 0. The van der Waals surface area contributed by atoms with Crippen LogP contribution in [0.3, 0.4) is 0 Å². The molecule has 0 fully saturated rings. The molecule has 0 aromatic heterocycles. The van der Waals surface area contributed by atoms with E-state index in [0.717, 1.165) is 25.7 Å². The Labute approximate surface area is 86.9 Å². The van der Waals surface area contributed by atoms with Gasteiger partial charge in [-0.1, -0.05) is 25.5 Å². The van der Waals surface area contributed by atoms with Crippen LogP contribution < -0.4 is 0 Å². The van der Waals surface area contributed by atoms with Gasteiger partial charge in [-0.05, 0) is 50.5 Å². The summed E-state index contributed by atoms with van der Waals surface area (Å²) in [5.74, 6) is 0.950. The van der Waals surface area contributed by atoms with Gasteiger partial charge in [-0.3, -0.25) is 0 Å². The van der Waals surface area contributed by atoms with E-state index < -0.39 is 0 Å². The first-order valence-electron chi connectivity index (χ1n) is 5.66. The second-order valence-electron chi connectivity index (χ2n) is 4.38. The van der Waals surface area contributed by atoms with Crippen molar-refractivity contribution in [1.29, 1.82) is 0 Å². The van der Waals surface area contributed by atoms with E-state index in [4.69, 9.17) is 0 Å². The van der Waals surface area contributed by atoms with E-state index in [1.807, 2.05) is 6.08 Å². The maximum Gasteiger partial charge on any atom is 0.0962 e. The van der Waals surface area contributed by atoms with Gasteiger partial charge in [-0.25, -0.2) is 4.39 Å². The van der Waals surface area contributed by atoms with Crippen molar-refractivity contribution in [2.45, 2.75) is 46.0 Å². The molecule has 0 N–H and O–H groups in total. The van der Waals surface area contributed by atoms with Crippen LogP contribution in [0.15, 0.2) is 24.1 Å². The second kappa shape index (κ2) is 5.33. The minimum absolute atomic E-state index is 0.0900. The monoisotopic (exact) mass is 196 g/mol. The van der Waals surface area contributed by atoms with Crippen molar-refractivity contribution >= 4 is 0 Å². The van der Waals surface area contributed by atoms with Gasteiger partial charge in [0.15, 0.2) is 0 Å². The van der Waals surface area contributed by atoms with E-state index in [2.05, 4.69) is 20.4 Å². The van der Waals surface area contributed by atoms with E-state index in [0.29, 0.717) is 18.3 Å². The van der Waals surface area contributed by atoms with Crippen molar-refractivity contribution in [3.8, 4) is 0 Å². The summed E-state index contributed by atoms with van der Waals surface area (Å²) in [5.41, 5.74) is 1.20. The molecule has 2 atom stereocenters. The highest BCUT2D eigenvalue weighted by atomic mass is 19.1. The molecule has 1 rings (SSSR count). The third kappa shape index (κ3) is 2.97. The van der Waals surface area contributed by atoms with Crippen LogP contribution in [0.2, 0.25) is 0 Å². The standard InChI is InChI=1S/C13H21F/c1-4-13(10(2)3)11-7-5-6-8-12(14)9-11/h9,11,13H,2,4-8H2,1,3H3. The van der Waals surface area contributed by atoms with Gasteiger partial charge in [-0.2, -0.15) is 0 Å². The Morgan fingerprint density at radius 3 is 2.93 bits per heavy atom. The molecule has 0 heterocycles. The van der Waals surface area contributed by atoms with Crippen LogP contribution in [0.25, 0.3) is 0 Å². The summed E-state index contributed by atoms with van der Waals surface area (Å²) in [6.45, 7) is 8.23. The summed E-state index contributed by atoms with van der Waals surface area (Å²) in [6, 6.07) is 0. The fourth-order valence-corrected chi connectivity index (χ4v) is 2.41. The lowest BCUT2D eigenvalue weighted by Gasteiger charge is -2.23. The first kappa shape index (κ1) is 11.5. The van der Waals surface area contributed by atoms with Gasteiger partial charge in [0, 0.05) is 0 Å². The van der Waals surface area contributed by atoms with Gasteiger partial charge in [0.2, 0.25) is 0 Å². The number of hydrogen-bond acceptors (Lipinski definition) is 0. The van der Waals surface area contributed by atoms with Crippen LogP contribution in [0.4, 0.5) is 4.39 Å². The molecule has 0 bridgehead atoms. The summed E-state index contributed by atoms with van der Waals surface area (Å²) in [7, 11) is 0. The van der Waals surface area contributed by atoms with Crippen LogP contribution in [0.5, 0.6) is 0 Å². The Hall–Kier alpha value is -0.590. The van der Waals surface area contributed by atoms with Gasteiger partial charge in [0.05, 0.1) is 5.83 Å². The average Bonchev–Trinajstić information content (AvgIpc) is 2.31. The van der Waals surface area contributed by atoms with Crippen molar-refractivity contribution in [1.82, 2.24) is 0 Å². The van der Waals surface area contributed by atoms with Crippen LogP contribution in [0, 0.1) is 11.8 Å². The molecule has 14 heavy (non-hydrogen) atoms. The molecule has 0 saturated carbocycles. The second-order valence-corrected chi connectivity index (χ2v) is 4.38. The molecule has 0 nitrogen and oxygen atoms in total. The predicted molar refractivity (Wildman–Crippen MR) is 59.7 cm³/mol. The molecule has 80 valence electrons. The summed E-state index contributed by atoms with van der Waals surface area (Å²) in [6.07, 6.45) is 6.84. The lowest BCUT2D eigenvalue weighted by atomic mass is 9.82. The van der Waals surface area contributed by atoms with E-state index in [9.17, 15) is 4.39 Å². The van der Waals surface area contributed by atoms with Crippen molar-refractivity contribution in [2.75, 3.05) is 0 Å². The molecule has 0 aromatic rings. The summed E-state index contributed by atoms with van der Waals surface area (Å²) < 4.78 is 13.3. The largest absolute Gasteiger partial charge is 0.212 e. The van der Waals surface area contributed by atoms with Gasteiger partial charge < -0.3 is 0 Å². The first-order valence-corrected chi connectivity index (χ1v) is 5.66. The fourth-order valence-electron chi connectivity index (χ4n) is 2.41. The Kier molecular flexibility index (Phi) is 4.37. The van der Waals surface area contributed by atoms with Crippen molar-refractivity contribution in [3.63, 3.8) is 0 Å². The van der Waals surface area contributed by atoms with Gasteiger partial charge >= 0.3 is 0 Å². The molecule has 1 aliphatic carbocycles. The highest BCUT2D eigenvalue weighted by molar-refractivity contribution is 5.07. The third-order valence-corrected chi connectivity index (χ3v) is 3.19. The van der Waals surface area contributed by atoms with E-state index >= 15 is 0 Å². The molecule has 2 unspecified atom stereocenters. The minimum atomic E-state index is 0.0900. The zero-order chi connectivity index (χ0) is 10.6. The molecular formula is C13H21F. The molecule has 0 spiro atoms. The molecule has 0 aromatic carbocycles. The Bertz CT molecular complexity index is 227. The van der Waals surface area contributed by atoms with Crippen molar-refractivity contribution in [2.24, 2.45) is 11.8 Å². The van der Waals surface area contributed by atoms with E-state index in [1.54, 1.807) is 0 Å². The topological polar surface area (TPSA) is 0 Å². The molecule has 0 radical (unpaired) electrons. The number of rotatable bonds is 3. The maximum absolute atomic E-state index is 13.3. The lowest BCUT2D eigenvalue weighted by Crippen LogP contribution is -2.12. The fraction of sp³-hybridized carbons (Fsp3) is 0.692. The van der Waals surface area contributed by atoms with Gasteiger partial charge in [0.25, 0.3) is 0 Å². The SMILES string of the molecule is C=C(C)C(CC)C1C=C(F)CCCC1. The molecule has 1 heteroatoms. The summed E-state index contributed by atoms with van der Waals surface area (Å²) in [5, 5.41) is 0. The zero-order valence-electron chi connectivity index (χ0n) is 9.35. The maximum atomic E-state index is 13.3. The molecule has 0 aliphatic heterocycles. The first-order chi connectivity index (χ1) is 6.65. The predicted octanol–water partition coefficient (Wildman–Crippen LogP) is 4.63. The van der Waals surface area contributed by atoms with Crippen LogP contribution >= 0.6 is 0 Å². The summed E-state index contributed by atoms with van der Waals surface area (Å²) >= 11 is 0. The third-order valence-electron chi connectivity index (χ3n) is 3.19. The number of allylic oxidation sites excluding steroid dienone is 3. The number of halogens is 1. The molecular weight excluding hydrogens is 175 g/mol. The Balaban J connectivity index is 2.72. The van der Waals surface area contributed by atoms with Crippen molar-refractivity contribution in [3.05, 3.63) is 24.1 Å². The summed E-state index contributed by atoms with van der Waals surface area (Å²) in [4.78, 5) is 0. The smallest absolute Gasteiger partial charge is 0.0962 e. The highest BCUT2D eigenvalue weighted by Crippen LogP contribution is 2.32. The van der Waals surface area contributed by atoms with E-state index in [-0.39, 0.29) is 5.83 Å². The minimum Gasteiger partial charge on any atom is -0.212 e. The van der Waals surface area contributed by atoms with Gasteiger partial charge in [-0.15, -0.1) is 0 Å². The molecule has 0 saturated heterocycles. The normalized spacial score (nSPS) is 25.1. The van der Waals surface area contributed by atoms with Gasteiger partial charge in [0.1, 0.15) is 0 Å². The van der Waals surface area contributed by atoms with Crippen molar-refractivity contribution < 1.29 is 4.39 Å². The Morgan fingerprint density at radius 1 is 1.64 bits per heavy atom. The van der Waals surface area contributed by atoms with E-state index in [1.165, 1.54) is 5.57 Å². The zero-order valence-corrected chi connectivity index (χ0v) is 9.35. The quantitative estimate of drug-likeness (QED) is 0.577. The molecule has 0 amide bonds. The highest BCUT2D eigenvalue weighted by Gasteiger charge is 2.21. The van der Waals surface area contributed by atoms with Crippen LogP contribution in [0.1, 0.15) is 46.0 Å².